The molecule has 1 atom stereocenters. The average Bonchev–Trinajstić information content (AvgIpc) is 1.87. The number of ether oxygens (including phenoxy) is 2. The maximum Gasteiger partial charge on any atom is 0.508 e. The zero-order chi connectivity index (χ0) is 5.28. The van der Waals surface area contributed by atoms with Crippen LogP contribution in [0.15, 0.2) is 0 Å². The number of carbonyl (C=O) groups is 1. The molecule has 1 aliphatic rings. The molecule has 40 valence electrons. The summed E-state index contributed by atoms with van der Waals surface area (Å²) in [6, 6.07) is 0. The number of rotatable bonds is 0. The summed E-state index contributed by atoms with van der Waals surface area (Å²) in [4.78, 5) is 10.0. The second-order valence-corrected chi connectivity index (χ2v) is 1.49. The summed E-state index contributed by atoms with van der Waals surface area (Å²) in [6.45, 7) is 2.18. The number of hydrogen-bond donors (Lipinski definition) is 0. The van der Waals surface area contributed by atoms with E-state index in [1.807, 2.05) is 0 Å². The third-order valence-electron chi connectivity index (χ3n) is 0.733. The quantitative estimate of drug-likeness (QED) is 0.419. The van der Waals surface area contributed by atoms with Crippen LogP contribution in [0, 0.1) is 0 Å². The maximum absolute atomic E-state index is 10.0. The van der Waals surface area contributed by atoms with Crippen LogP contribution in [0.3, 0.4) is 0 Å². The number of cyclic esters (lactones) is 2. The van der Waals surface area contributed by atoms with Gasteiger partial charge in [0.2, 0.25) is 0 Å². The molecule has 0 aromatic heterocycles. The van der Waals surface area contributed by atoms with Crippen LogP contribution in [-0.2, 0) is 9.47 Å². The van der Waals surface area contributed by atoms with Gasteiger partial charge in [-0.15, -0.1) is 0 Å². The van der Waals surface area contributed by atoms with Crippen molar-refractivity contribution in [3.63, 3.8) is 0 Å². The van der Waals surface area contributed by atoms with E-state index < -0.39 is 6.16 Å². The van der Waals surface area contributed by atoms with Crippen molar-refractivity contribution in [3.05, 3.63) is 0 Å². The molecule has 7 heavy (non-hydrogen) atoms. The van der Waals surface area contributed by atoms with Crippen LogP contribution in [0.1, 0.15) is 6.92 Å². The Balaban J connectivity index is 2.40. The first-order valence-corrected chi connectivity index (χ1v) is 2.12. The molecule has 3 nitrogen and oxygen atoms in total. The molecule has 0 N–H and O–H groups in total. The van der Waals surface area contributed by atoms with Gasteiger partial charge in [-0.2, -0.15) is 0 Å². The normalized spacial score (nSPS) is 29.3. The van der Waals surface area contributed by atoms with Crippen LogP contribution in [0.25, 0.3) is 0 Å². The highest BCUT2D eigenvalue weighted by Gasteiger charge is 2.19. The summed E-state index contributed by atoms with van der Waals surface area (Å²) < 4.78 is 8.90. The molecule has 1 heterocycles. The molecule has 1 rings (SSSR count). The second kappa shape index (κ2) is 1.40. The predicted octanol–water partition coefficient (Wildman–Crippen LogP) is 0.542. The van der Waals surface area contributed by atoms with Gasteiger partial charge in [0.25, 0.3) is 0 Å². The van der Waals surface area contributed by atoms with E-state index in [0.717, 1.165) is 0 Å². The highest BCUT2D eigenvalue weighted by atomic mass is 16.8. The Hall–Kier alpha value is -0.730. The van der Waals surface area contributed by atoms with Crippen LogP contribution in [0.4, 0.5) is 4.79 Å². The minimum atomic E-state index is -0.549. The van der Waals surface area contributed by atoms with Crippen molar-refractivity contribution in [2.75, 3.05) is 6.61 Å². The molecule has 0 aromatic carbocycles. The molecular weight excluding hydrogens is 96.0 g/mol. The van der Waals surface area contributed by atoms with E-state index in [0.29, 0.717) is 6.61 Å². The van der Waals surface area contributed by atoms with Crippen molar-refractivity contribution in [1.82, 2.24) is 0 Å². The van der Waals surface area contributed by atoms with Gasteiger partial charge in [0.1, 0.15) is 12.7 Å². The van der Waals surface area contributed by atoms with Gasteiger partial charge < -0.3 is 9.47 Å². The topological polar surface area (TPSA) is 35.5 Å². The van der Waals surface area contributed by atoms with Crippen molar-refractivity contribution in [2.45, 2.75) is 13.0 Å². The van der Waals surface area contributed by atoms with Crippen molar-refractivity contribution < 1.29 is 14.3 Å². The van der Waals surface area contributed by atoms with Crippen molar-refractivity contribution in [2.24, 2.45) is 0 Å². The molecule has 0 spiro atoms. The van der Waals surface area contributed by atoms with E-state index in [9.17, 15) is 4.79 Å². The van der Waals surface area contributed by atoms with Gasteiger partial charge in [0.15, 0.2) is 0 Å². The molecule has 1 saturated heterocycles. The minimum absolute atomic E-state index is 0.0486. The smallest absolute Gasteiger partial charge is 0.430 e. The Morgan fingerprint density at radius 3 is 2.71 bits per heavy atom. The summed E-state index contributed by atoms with van der Waals surface area (Å²) in [5, 5.41) is 0. The van der Waals surface area contributed by atoms with Gasteiger partial charge in [0.05, 0.1) is 0 Å². The molecule has 1 fully saturated rings. The molecule has 1 aliphatic heterocycles. The van der Waals surface area contributed by atoms with Gasteiger partial charge in [-0.05, 0) is 6.92 Å². The second-order valence-electron chi connectivity index (χ2n) is 1.49. The lowest BCUT2D eigenvalue weighted by atomic mass is 10.5. The first-order valence-electron chi connectivity index (χ1n) is 2.12. The standard InChI is InChI=1S/C4H6O3/c1-3-2-6-4(5)7-3/h3H,2H2,1H3/t3-/m0/s1. The summed E-state index contributed by atoms with van der Waals surface area (Å²) in [6.07, 6.45) is -0.597. The Kier molecular flexibility index (Phi) is 0.889. The van der Waals surface area contributed by atoms with Crippen molar-refractivity contribution in [3.8, 4) is 0 Å². The zero-order valence-electron chi connectivity index (χ0n) is 4.01. The third kappa shape index (κ3) is 0.824. The fraction of sp³-hybridized carbons (Fsp3) is 0.750. The minimum Gasteiger partial charge on any atom is -0.430 e. The lowest BCUT2D eigenvalue weighted by Crippen LogP contribution is -2.01. The van der Waals surface area contributed by atoms with E-state index in [1.54, 1.807) is 6.92 Å². The Labute approximate surface area is 41.2 Å². The molecule has 0 radical (unpaired) electrons. The van der Waals surface area contributed by atoms with Crippen molar-refractivity contribution >= 4 is 6.16 Å². The fourth-order valence-corrected chi connectivity index (χ4v) is 0.418. The summed E-state index contributed by atoms with van der Waals surface area (Å²) in [5.74, 6) is 0. The predicted molar refractivity (Wildman–Crippen MR) is 21.9 cm³/mol. The molecule has 0 aliphatic carbocycles. The molecule has 0 unspecified atom stereocenters. The van der Waals surface area contributed by atoms with E-state index in [4.69, 9.17) is 0 Å². The van der Waals surface area contributed by atoms with Crippen LogP contribution < -0.4 is 0 Å². The van der Waals surface area contributed by atoms with Gasteiger partial charge in [-0.1, -0.05) is 0 Å². The highest BCUT2D eigenvalue weighted by Crippen LogP contribution is 2.02. The lowest BCUT2D eigenvalue weighted by Gasteiger charge is -1.90. The fourth-order valence-electron chi connectivity index (χ4n) is 0.418. The van der Waals surface area contributed by atoms with E-state index in [-0.39, 0.29) is 6.10 Å². The number of hydrogen-bond acceptors (Lipinski definition) is 3. The van der Waals surface area contributed by atoms with Crippen LogP contribution >= 0.6 is 0 Å². The average molecular weight is 102 g/mol. The Morgan fingerprint density at radius 2 is 2.57 bits per heavy atom. The van der Waals surface area contributed by atoms with E-state index in [1.165, 1.54) is 0 Å². The van der Waals surface area contributed by atoms with Gasteiger partial charge in [-0.25, -0.2) is 4.79 Å². The lowest BCUT2D eigenvalue weighted by molar-refractivity contribution is 0.121. The Bertz CT molecular complexity index is 88.9. The summed E-state index contributed by atoms with van der Waals surface area (Å²) in [7, 11) is 0. The van der Waals surface area contributed by atoms with Gasteiger partial charge >= 0.3 is 6.16 Å². The maximum atomic E-state index is 10.0. The SMILES string of the molecule is C[C@H]1COC(=O)O1. The summed E-state index contributed by atoms with van der Waals surface area (Å²) in [5.41, 5.74) is 0. The van der Waals surface area contributed by atoms with Gasteiger partial charge in [0, 0.05) is 0 Å². The van der Waals surface area contributed by atoms with Crippen LogP contribution in [-0.4, -0.2) is 18.9 Å². The van der Waals surface area contributed by atoms with E-state index >= 15 is 0 Å². The third-order valence-corrected chi connectivity index (χ3v) is 0.733. The monoisotopic (exact) mass is 102 g/mol. The van der Waals surface area contributed by atoms with E-state index in [2.05, 4.69) is 9.47 Å². The van der Waals surface area contributed by atoms with Crippen LogP contribution in [0.5, 0.6) is 0 Å². The molecule has 0 amide bonds. The molecule has 0 aromatic rings. The molecule has 3 heteroatoms. The first kappa shape index (κ1) is 4.43. The largest absolute Gasteiger partial charge is 0.508 e. The van der Waals surface area contributed by atoms with Gasteiger partial charge in [-0.3, -0.25) is 0 Å². The van der Waals surface area contributed by atoms with Crippen molar-refractivity contribution in [1.29, 1.82) is 0 Å². The molecule has 0 bridgehead atoms. The Morgan fingerprint density at radius 1 is 1.86 bits per heavy atom. The molecular formula is C4H6O3. The zero-order valence-corrected chi connectivity index (χ0v) is 4.01. The molecule has 0 saturated carbocycles. The first-order chi connectivity index (χ1) is 3.29. The summed E-state index contributed by atoms with van der Waals surface area (Å²) >= 11 is 0. The highest BCUT2D eigenvalue weighted by molar-refractivity contribution is 5.61. The number of carbonyl (C=O) groups excluding carboxylic acids is 1. The van der Waals surface area contributed by atoms with Crippen LogP contribution in [0.2, 0.25) is 0 Å².